The van der Waals surface area contributed by atoms with Crippen molar-refractivity contribution in [3.8, 4) is 0 Å². The third-order valence-electron chi connectivity index (χ3n) is 1.59. The van der Waals surface area contributed by atoms with Crippen molar-refractivity contribution in [2.24, 2.45) is 0 Å². The number of hydrogen-bond donors (Lipinski definition) is 2. The average Bonchev–Trinajstić information content (AvgIpc) is 1.89. The van der Waals surface area contributed by atoms with Gasteiger partial charge in [0.05, 0.1) is 12.7 Å². The fourth-order valence-corrected chi connectivity index (χ4v) is 0.999. The Morgan fingerprint density at radius 1 is 1.56 bits per heavy atom. The molecule has 1 saturated heterocycles. The molecule has 3 heteroatoms. The number of ether oxygens (including phenoxy) is 1. The summed E-state index contributed by atoms with van der Waals surface area (Å²) in [6.07, 6.45) is 0.866. The number of aliphatic hydroxyl groups is 2. The van der Waals surface area contributed by atoms with Gasteiger partial charge in [0.1, 0.15) is 6.10 Å². The SMILES string of the molecule is OC[C@H]1OCCC[C@@H]1O. The Labute approximate surface area is 54.3 Å². The summed E-state index contributed by atoms with van der Waals surface area (Å²) >= 11 is 0. The van der Waals surface area contributed by atoms with E-state index in [1.165, 1.54) is 0 Å². The molecule has 0 aromatic carbocycles. The standard InChI is InChI=1S/C6H12O3/c7-4-6-5(8)2-1-3-9-6/h5-8H,1-4H2/t5-,6+/m0/s1. The van der Waals surface area contributed by atoms with Crippen LogP contribution in [0.15, 0.2) is 0 Å². The minimum Gasteiger partial charge on any atom is -0.394 e. The third kappa shape index (κ3) is 1.64. The van der Waals surface area contributed by atoms with E-state index in [9.17, 15) is 0 Å². The molecule has 1 aliphatic heterocycles. The van der Waals surface area contributed by atoms with Gasteiger partial charge in [-0.2, -0.15) is 0 Å². The van der Waals surface area contributed by atoms with E-state index in [-0.39, 0.29) is 12.7 Å². The highest BCUT2D eigenvalue weighted by atomic mass is 16.5. The van der Waals surface area contributed by atoms with Crippen molar-refractivity contribution in [1.82, 2.24) is 0 Å². The molecule has 9 heavy (non-hydrogen) atoms. The fourth-order valence-electron chi connectivity index (χ4n) is 0.999. The lowest BCUT2D eigenvalue weighted by molar-refractivity contribution is -0.0942. The van der Waals surface area contributed by atoms with Gasteiger partial charge >= 0.3 is 0 Å². The molecule has 2 atom stereocenters. The molecule has 3 nitrogen and oxygen atoms in total. The highest BCUT2D eigenvalue weighted by molar-refractivity contribution is 4.71. The summed E-state index contributed by atoms with van der Waals surface area (Å²) < 4.78 is 5.04. The van der Waals surface area contributed by atoms with E-state index in [1.807, 2.05) is 0 Å². The van der Waals surface area contributed by atoms with Crippen LogP contribution in [0, 0.1) is 0 Å². The minimum atomic E-state index is -0.455. The van der Waals surface area contributed by atoms with E-state index >= 15 is 0 Å². The van der Waals surface area contributed by atoms with Crippen LogP contribution in [-0.4, -0.2) is 35.6 Å². The molecule has 1 rings (SSSR count). The van der Waals surface area contributed by atoms with Gasteiger partial charge in [-0.1, -0.05) is 0 Å². The Hall–Kier alpha value is -0.120. The molecule has 0 radical (unpaired) electrons. The van der Waals surface area contributed by atoms with Gasteiger partial charge in [0.25, 0.3) is 0 Å². The van der Waals surface area contributed by atoms with Crippen LogP contribution >= 0.6 is 0 Å². The molecule has 1 heterocycles. The largest absolute Gasteiger partial charge is 0.394 e. The van der Waals surface area contributed by atoms with E-state index in [0.717, 1.165) is 12.8 Å². The van der Waals surface area contributed by atoms with Crippen LogP contribution in [0.2, 0.25) is 0 Å². The molecule has 54 valence electrons. The summed E-state index contributed by atoms with van der Waals surface area (Å²) in [7, 11) is 0. The van der Waals surface area contributed by atoms with Gasteiger partial charge in [-0.15, -0.1) is 0 Å². The molecule has 1 fully saturated rings. The highest BCUT2D eigenvalue weighted by Gasteiger charge is 2.22. The van der Waals surface area contributed by atoms with Gasteiger partial charge < -0.3 is 14.9 Å². The molecule has 2 N–H and O–H groups in total. The van der Waals surface area contributed by atoms with Gasteiger partial charge in [-0.3, -0.25) is 0 Å². The van der Waals surface area contributed by atoms with Crippen LogP contribution in [-0.2, 0) is 4.74 Å². The first-order valence-corrected chi connectivity index (χ1v) is 3.25. The summed E-state index contributed by atoms with van der Waals surface area (Å²) in [6, 6.07) is 0. The number of aliphatic hydroxyl groups excluding tert-OH is 2. The van der Waals surface area contributed by atoms with Crippen molar-refractivity contribution in [3.05, 3.63) is 0 Å². The van der Waals surface area contributed by atoms with E-state index in [4.69, 9.17) is 14.9 Å². The van der Waals surface area contributed by atoms with Gasteiger partial charge in [-0.25, -0.2) is 0 Å². The summed E-state index contributed by atoms with van der Waals surface area (Å²) in [5, 5.41) is 17.7. The maximum Gasteiger partial charge on any atom is 0.106 e. The Morgan fingerprint density at radius 3 is 2.78 bits per heavy atom. The minimum absolute atomic E-state index is 0.0683. The van der Waals surface area contributed by atoms with Crippen LogP contribution < -0.4 is 0 Å². The molecule has 0 bridgehead atoms. The molecule has 0 amide bonds. The van der Waals surface area contributed by atoms with Crippen molar-refractivity contribution in [2.75, 3.05) is 13.2 Å². The fraction of sp³-hybridized carbons (Fsp3) is 1.00. The molecule has 0 aromatic heterocycles. The smallest absolute Gasteiger partial charge is 0.106 e. The Morgan fingerprint density at radius 2 is 2.33 bits per heavy atom. The quantitative estimate of drug-likeness (QED) is 0.506. The monoisotopic (exact) mass is 132 g/mol. The molecule has 0 aromatic rings. The predicted octanol–water partition coefficient (Wildman–Crippen LogP) is -0.481. The second-order valence-corrected chi connectivity index (χ2v) is 2.30. The first-order valence-electron chi connectivity index (χ1n) is 3.25. The number of rotatable bonds is 1. The lowest BCUT2D eigenvalue weighted by Gasteiger charge is -2.25. The summed E-state index contributed by atoms with van der Waals surface area (Å²) in [5.74, 6) is 0. The zero-order valence-corrected chi connectivity index (χ0v) is 5.29. The van der Waals surface area contributed by atoms with Crippen LogP contribution in [0.4, 0.5) is 0 Å². The van der Waals surface area contributed by atoms with Crippen molar-refractivity contribution in [2.45, 2.75) is 25.0 Å². The second kappa shape index (κ2) is 3.15. The van der Waals surface area contributed by atoms with Gasteiger partial charge in [0, 0.05) is 6.61 Å². The summed E-state index contributed by atoms with van der Waals surface area (Å²) in [6.45, 7) is 0.601. The third-order valence-corrected chi connectivity index (χ3v) is 1.59. The van der Waals surface area contributed by atoms with Gasteiger partial charge in [-0.05, 0) is 12.8 Å². The summed E-state index contributed by atoms with van der Waals surface area (Å²) in [5.41, 5.74) is 0. The molecule has 0 aliphatic carbocycles. The van der Waals surface area contributed by atoms with Gasteiger partial charge in [0.15, 0.2) is 0 Å². The highest BCUT2D eigenvalue weighted by Crippen LogP contribution is 2.12. The van der Waals surface area contributed by atoms with Crippen LogP contribution in [0.25, 0.3) is 0 Å². The molecule has 0 saturated carbocycles. The zero-order chi connectivity index (χ0) is 6.69. The lowest BCUT2D eigenvalue weighted by atomic mass is 10.1. The maximum atomic E-state index is 9.08. The normalized spacial score (nSPS) is 36.7. The van der Waals surface area contributed by atoms with Crippen LogP contribution in [0.1, 0.15) is 12.8 Å². The van der Waals surface area contributed by atoms with Crippen LogP contribution in [0.5, 0.6) is 0 Å². The maximum absolute atomic E-state index is 9.08. The molecule has 0 spiro atoms. The Bertz CT molecular complexity index is 84.4. The molecule has 1 aliphatic rings. The number of hydrogen-bond acceptors (Lipinski definition) is 3. The predicted molar refractivity (Wildman–Crippen MR) is 32.1 cm³/mol. The van der Waals surface area contributed by atoms with E-state index in [1.54, 1.807) is 0 Å². The first-order chi connectivity index (χ1) is 4.34. The molecular weight excluding hydrogens is 120 g/mol. The topological polar surface area (TPSA) is 49.7 Å². The van der Waals surface area contributed by atoms with Crippen LogP contribution in [0.3, 0.4) is 0 Å². The van der Waals surface area contributed by atoms with E-state index in [2.05, 4.69) is 0 Å². The van der Waals surface area contributed by atoms with E-state index in [0.29, 0.717) is 6.61 Å². The van der Waals surface area contributed by atoms with Gasteiger partial charge in [0.2, 0.25) is 0 Å². The van der Waals surface area contributed by atoms with E-state index < -0.39 is 6.10 Å². The Kier molecular flexibility index (Phi) is 2.45. The Balaban J connectivity index is 2.30. The molecule has 0 unspecified atom stereocenters. The molecular formula is C6H12O3. The van der Waals surface area contributed by atoms with Crippen molar-refractivity contribution in [1.29, 1.82) is 0 Å². The first kappa shape index (κ1) is 6.99. The second-order valence-electron chi connectivity index (χ2n) is 2.30. The zero-order valence-electron chi connectivity index (χ0n) is 5.29. The summed E-state index contributed by atoms with van der Waals surface area (Å²) in [4.78, 5) is 0. The van der Waals surface area contributed by atoms with Crippen molar-refractivity contribution in [3.63, 3.8) is 0 Å². The lowest BCUT2D eigenvalue weighted by Crippen LogP contribution is -2.36. The van der Waals surface area contributed by atoms with Crippen molar-refractivity contribution < 1.29 is 14.9 Å². The van der Waals surface area contributed by atoms with Crippen molar-refractivity contribution >= 4 is 0 Å². The average molecular weight is 132 g/mol.